The van der Waals surface area contributed by atoms with Gasteiger partial charge in [0, 0.05) is 23.3 Å². The average Bonchev–Trinajstić information content (AvgIpc) is 2.65. The van der Waals surface area contributed by atoms with E-state index in [1.165, 1.54) is 6.20 Å². The number of nitrogens with zero attached hydrogens (tertiary/aromatic N) is 2. The summed E-state index contributed by atoms with van der Waals surface area (Å²) in [5.41, 5.74) is 1.69. The van der Waals surface area contributed by atoms with Crippen LogP contribution < -0.4 is 0 Å². The van der Waals surface area contributed by atoms with Gasteiger partial charge < -0.3 is 9.47 Å². The maximum absolute atomic E-state index is 12.5. The van der Waals surface area contributed by atoms with Gasteiger partial charge in [0.1, 0.15) is 0 Å². The van der Waals surface area contributed by atoms with Gasteiger partial charge in [-0.1, -0.05) is 30.3 Å². The number of ketones is 1. The molecule has 0 aliphatic heterocycles. The smallest absolute Gasteiger partial charge is 0.295 e. The highest BCUT2D eigenvalue weighted by molar-refractivity contribution is 6.00. The van der Waals surface area contributed by atoms with E-state index in [0.717, 1.165) is 10.9 Å². The Labute approximate surface area is 138 Å². The molecule has 0 spiro atoms. The summed E-state index contributed by atoms with van der Waals surface area (Å²) in [5, 5.41) is 0.719. The Kier molecular flexibility index (Phi) is 4.88. The molecule has 0 N–H and O–H groups in total. The number of rotatable bonds is 7. The molecular formula is C18H14N2O4. The molecule has 2 aromatic heterocycles. The second-order valence-electron chi connectivity index (χ2n) is 5.00. The summed E-state index contributed by atoms with van der Waals surface area (Å²) in [4.78, 5) is 31.5. The Hall–Kier alpha value is -3.12. The third-order valence-corrected chi connectivity index (χ3v) is 3.38. The number of pyridine rings is 2. The Bertz CT molecular complexity index is 852. The summed E-state index contributed by atoms with van der Waals surface area (Å²) in [6.07, 6.45) is 1.70. The van der Waals surface area contributed by atoms with Crippen LogP contribution in [0.2, 0.25) is 0 Å². The van der Waals surface area contributed by atoms with Crippen molar-refractivity contribution in [3.8, 4) is 0 Å². The maximum atomic E-state index is 12.5. The van der Waals surface area contributed by atoms with Gasteiger partial charge in [0.25, 0.3) is 12.8 Å². The summed E-state index contributed by atoms with van der Waals surface area (Å²) in [5.74, 6) is -0.476. The number of benzene rings is 1. The normalized spacial score (nSPS) is 11.8. The van der Waals surface area contributed by atoms with Gasteiger partial charge in [-0.25, -0.2) is 9.97 Å². The molecule has 3 aromatic rings. The third-order valence-electron chi connectivity index (χ3n) is 3.38. The molecule has 0 saturated carbocycles. The zero-order chi connectivity index (χ0) is 16.8. The lowest BCUT2D eigenvalue weighted by Gasteiger charge is -2.15. The van der Waals surface area contributed by atoms with Crippen LogP contribution in [0.3, 0.4) is 0 Å². The first kappa shape index (κ1) is 15.8. The van der Waals surface area contributed by atoms with Crippen molar-refractivity contribution in [3.05, 3.63) is 72.1 Å². The van der Waals surface area contributed by atoms with Crippen LogP contribution in [0, 0.1) is 0 Å². The van der Waals surface area contributed by atoms with Crippen LogP contribution in [0.15, 0.2) is 60.9 Å². The lowest BCUT2D eigenvalue weighted by atomic mass is 10.1. The third kappa shape index (κ3) is 3.61. The molecule has 0 radical (unpaired) electrons. The van der Waals surface area contributed by atoms with E-state index in [-0.39, 0.29) is 18.6 Å². The quantitative estimate of drug-likeness (QED) is 0.378. The van der Waals surface area contributed by atoms with Gasteiger partial charge >= 0.3 is 0 Å². The minimum absolute atomic E-state index is 0.146. The van der Waals surface area contributed by atoms with E-state index in [1.54, 1.807) is 24.4 Å². The molecule has 1 aromatic carbocycles. The van der Waals surface area contributed by atoms with Crippen LogP contribution in [0.5, 0.6) is 0 Å². The first-order chi connectivity index (χ1) is 11.8. The summed E-state index contributed by atoms with van der Waals surface area (Å²) >= 11 is 0. The fraction of sp³-hybridized carbons (Fsp3) is 0.111. The molecule has 1 unspecified atom stereocenters. The van der Waals surface area contributed by atoms with Gasteiger partial charge in [-0.3, -0.25) is 9.59 Å². The lowest BCUT2D eigenvalue weighted by Crippen LogP contribution is -2.27. The average molecular weight is 322 g/mol. The first-order valence-electron chi connectivity index (χ1n) is 7.27. The molecule has 0 bridgehead atoms. The summed E-state index contributed by atoms with van der Waals surface area (Å²) in [6, 6.07) is 14.5. The molecular weight excluding hydrogens is 308 g/mol. The van der Waals surface area contributed by atoms with Crippen molar-refractivity contribution in [2.45, 2.75) is 12.9 Å². The molecule has 120 valence electrons. The predicted molar refractivity (Wildman–Crippen MR) is 86.0 cm³/mol. The molecule has 0 aliphatic carbocycles. The van der Waals surface area contributed by atoms with E-state index in [1.807, 2.05) is 30.3 Å². The monoisotopic (exact) mass is 322 g/mol. The number of Topliss-reactive ketones (excluding diaryl/α,β-unsaturated/α-hetero) is 1. The predicted octanol–water partition coefficient (Wildman–Crippen LogP) is 2.53. The zero-order valence-electron chi connectivity index (χ0n) is 12.7. The second-order valence-corrected chi connectivity index (χ2v) is 5.00. The number of fused-ring (bicyclic) bond motifs is 1. The first-order valence-corrected chi connectivity index (χ1v) is 7.27. The largest absolute Gasteiger partial charge is 0.430 e. The minimum atomic E-state index is -1.32. The molecule has 0 aliphatic rings. The van der Waals surface area contributed by atoms with E-state index in [0.29, 0.717) is 5.65 Å². The highest BCUT2D eigenvalue weighted by Crippen LogP contribution is 2.14. The fourth-order valence-electron chi connectivity index (χ4n) is 2.21. The molecule has 6 heteroatoms. The molecule has 0 amide bonds. The number of carbonyl (C=O) groups excluding carboxylic acids is 2. The molecule has 0 fully saturated rings. The van der Waals surface area contributed by atoms with Crippen LogP contribution in [0.4, 0.5) is 0 Å². The molecule has 3 rings (SSSR count). The van der Waals surface area contributed by atoms with Crippen LogP contribution >= 0.6 is 0 Å². The van der Waals surface area contributed by atoms with Gasteiger partial charge in [-0.15, -0.1) is 0 Å². The van der Waals surface area contributed by atoms with Crippen molar-refractivity contribution in [2.24, 2.45) is 0 Å². The van der Waals surface area contributed by atoms with Crippen molar-refractivity contribution in [2.75, 3.05) is 0 Å². The van der Waals surface area contributed by atoms with Gasteiger partial charge in [-0.05, 0) is 23.8 Å². The van der Waals surface area contributed by atoms with Crippen molar-refractivity contribution in [3.63, 3.8) is 0 Å². The topological polar surface area (TPSA) is 78.4 Å². The van der Waals surface area contributed by atoms with E-state index in [2.05, 4.69) is 9.97 Å². The fourth-order valence-corrected chi connectivity index (χ4v) is 2.21. The number of carbonyl (C=O) groups is 2. The zero-order valence-corrected chi connectivity index (χ0v) is 12.7. The highest BCUT2D eigenvalue weighted by Gasteiger charge is 2.23. The van der Waals surface area contributed by atoms with Crippen LogP contribution in [-0.4, -0.2) is 28.5 Å². The highest BCUT2D eigenvalue weighted by atomic mass is 16.7. The Balaban J connectivity index is 1.78. The maximum Gasteiger partial charge on any atom is 0.295 e. The van der Waals surface area contributed by atoms with Gasteiger partial charge in [-0.2, -0.15) is 0 Å². The van der Waals surface area contributed by atoms with Gasteiger partial charge in [0.15, 0.2) is 5.65 Å². The van der Waals surface area contributed by atoms with Crippen LogP contribution in [0.1, 0.15) is 15.9 Å². The summed E-state index contributed by atoms with van der Waals surface area (Å²) in [6.45, 7) is 0.344. The lowest BCUT2D eigenvalue weighted by molar-refractivity contribution is -0.155. The molecule has 6 nitrogen and oxygen atoms in total. The summed E-state index contributed by atoms with van der Waals surface area (Å²) in [7, 11) is 0. The number of aromatic nitrogens is 2. The SMILES string of the molecule is O=COC(OCc1ccccc1)C(=O)c1cnc2ncccc2c1. The van der Waals surface area contributed by atoms with Crippen LogP contribution in [0.25, 0.3) is 11.0 Å². The number of hydrogen-bond donors (Lipinski definition) is 0. The summed E-state index contributed by atoms with van der Waals surface area (Å²) < 4.78 is 10.2. The standard InChI is InChI=1S/C18H14N2O4/c21-12-24-18(23-11-13-5-2-1-3-6-13)16(22)15-9-14-7-4-8-19-17(14)20-10-15/h1-10,12,18H,11H2. The van der Waals surface area contributed by atoms with Gasteiger partial charge in [0.2, 0.25) is 5.78 Å². The van der Waals surface area contributed by atoms with E-state index < -0.39 is 12.1 Å². The van der Waals surface area contributed by atoms with E-state index in [4.69, 9.17) is 9.47 Å². The van der Waals surface area contributed by atoms with E-state index in [9.17, 15) is 9.59 Å². The van der Waals surface area contributed by atoms with E-state index >= 15 is 0 Å². The Morgan fingerprint density at radius 2 is 1.96 bits per heavy atom. The second kappa shape index (κ2) is 7.43. The van der Waals surface area contributed by atoms with Gasteiger partial charge in [0.05, 0.1) is 6.61 Å². The molecule has 1 atom stereocenters. The Morgan fingerprint density at radius 1 is 1.12 bits per heavy atom. The van der Waals surface area contributed by atoms with Crippen molar-refractivity contribution in [1.82, 2.24) is 9.97 Å². The number of ether oxygens (including phenoxy) is 2. The molecule has 0 saturated heterocycles. The minimum Gasteiger partial charge on any atom is -0.430 e. The molecule has 24 heavy (non-hydrogen) atoms. The Morgan fingerprint density at radius 3 is 2.75 bits per heavy atom. The number of hydrogen-bond acceptors (Lipinski definition) is 6. The van der Waals surface area contributed by atoms with Crippen molar-refractivity contribution in [1.29, 1.82) is 0 Å². The van der Waals surface area contributed by atoms with Crippen LogP contribution in [-0.2, 0) is 20.9 Å². The van der Waals surface area contributed by atoms with Crippen molar-refractivity contribution < 1.29 is 19.1 Å². The van der Waals surface area contributed by atoms with Crippen molar-refractivity contribution >= 4 is 23.3 Å². The molecule has 2 heterocycles.